The van der Waals surface area contributed by atoms with Gasteiger partial charge in [-0.15, -0.1) is 0 Å². The predicted octanol–water partition coefficient (Wildman–Crippen LogP) is 5.26. The zero-order valence-electron chi connectivity index (χ0n) is 14.8. The van der Waals surface area contributed by atoms with Gasteiger partial charge in [0.05, 0.1) is 0 Å². The van der Waals surface area contributed by atoms with Crippen molar-refractivity contribution < 1.29 is 0 Å². The molecule has 0 spiro atoms. The summed E-state index contributed by atoms with van der Waals surface area (Å²) in [5.41, 5.74) is 3.56. The summed E-state index contributed by atoms with van der Waals surface area (Å²) in [6.07, 6.45) is 11.8. The molecule has 0 aliphatic heterocycles. The number of hydrogen-bond acceptors (Lipinski definition) is 2. The van der Waals surface area contributed by atoms with E-state index in [1.165, 1.54) is 44.1 Å². The molecule has 124 valence electrons. The Morgan fingerprint density at radius 3 is 2.25 bits per heavy atom. The van der Waals surface area contributed by atoms with Crippen molar-refractivity contribution in [1.82, 2.24) is 9.97 Å². The summed E-state index contributed by atoms with van der Waals surface area (Å²) in [6.45, 7) is 4.28. The molecule has 0 bridgehead atoms. The third kappa shape index (κ3) is 4.45. The van der Waals surface area contributed by atoms with Gasteiger partial charge >= 0.3 is 0 Å². The normalized spacial score (nSPS) is 20.2. The zero-order valence-corrected chi connectivity index (χ0v) is 14.8. The Bertz CT molecular complexity index is 696. The molecule has 0 unspecified atom stereocenters. The molecule has 1 aromatic carbocycles. The highest BCUT2D eigenvalue weighted by atomic mass is 14.8. The number of aromatic nitrogens is 2. The number of aryl methyl sites for hydroxylation is 1. The molecule has 1 aromatic heterocycles. The van der Waals surface area contributed by atoms with Gasteiger partial charge in [-0.1, -0.05) is 37.8 Å². The van der Waals surface area contributed by atoms with E-state index in [0.29, 0.717) is 5.82 Å². The summed E-state index contributed by atoms with van der Waals surface area (Å²) in [5, 5.41) is 0. The van der Waals surface area contributed by atoms with Crippen LogP contribution in [0.1, 0.15) is 73.9 Å². The third-order valence-corrected chi connectivity index (χ3v) is 5.03. The SMILES string of the molecule is CCCC1CCC(c2ccc(C#Cc3ncc(C)cn3)cc2)CC1. The average Bonchev–Trinajstić information content (AvgIpc) is 2.63. The van der Waals surface area contributed by atoms with Gasteiger partial charge in [-0.25, -0.2) is 9.97 Å². The van der Waals surface area contributed by atoms with E-state index in [1.54, 1.807) is 12.4 Å². The molecule has 0 amide bonds. The Hall–Kier alpha value is -2.14. The number of nitrogens with zero attached hydrogens (tertiary/aromatic N) is 2. The van der Waals surface area contributed by atoms with Crippen LogP contribution in [0.3, 0.4) is 0 Å². The molecule has 1 fully saturated rings. The van der Waals surface area contributed by atoms with E-state index in [-0.39, 0.29) is 0 Å². The lowest BCUT2D eigenvalue weighted by Gasteiger charge is -2.28. The second kappa shape index (κ2) is 8.11. The molecule has 0 radical (unpaired) electrons. The summed E-state index contributed by atoms with van der Waals surface area (Å²) in [5.74, 6) is 8.48. The molecule has 2 heteroatoms. The smallest absolute Gasteiger partial charge is 0.205 e. The van der Waals surface area contributed by atoms with E-state index in [4.69, 9.17) is 0 Å². The van der Waals surface area contributed by atoms with Crippen molar-refractivity contribution in [2.75, 3.05) is 0 Å². The maximum Gasteiger partial charge on any atom is 0.205 e. The second-order valence-corrected chi connectivity index (χ2v) is 6.96. The van der Waals surface area contributed by atoms with Gasteiger partial charge < -0.3 is 0 Å². The molecule has 1 saturated carbocycles. The van der Waals surface area contributed by atoms with Crippen LogP contribution in [0, 0.1) is 24.7 Å². The molecule has 24 heavy (non-hydrogen) atoms. The van der Waals surface area contributed by atoms with E-state index >= 15 is 0 Å². The highest BCUT2D eigenvalue weighted by Crippen LogP contribution is 2.37. The van der Waals surface area contributed by atoms with Gasteiger partial charge in [0.1, 0.15) is 0 Å². The molecule has 0 atom stereocenters. The summed E-state index contributed by atoms with van der Waals surface area (Å²) in [7, 11) is 0. The van der Waals surface area contributed by atoms with Crippen LogP contribution in [-0.2, 0) is 0 Å². The van der Waals surface area contributed by atoms with Crippen LogP contribution < -0.4 is 0 Å². The van der Waals surface area contributed by atoms with Crippen LogP contribution in [0.5, 0.6) is 0 Å². The van der Waals surface area contributed by atoms with E-state index in [2.05, 4.69) is 53.0 Å². The Kier molecular flexibility index (Phi) is 5.64. The first kappa shape index (κ1) is 16.7. The Morgan fingerprint density at radius 2 is 1.62 bits per heavy atom. The molecule has 1 aliphatic rings. The van der Waals surface area contributed by atoms with E-state index < -0.39 is 0 Å². The molecule has 2 aromatic rings. The highest BCUT2D eigenvalue weighted by Gasteiger charge is 2.21. The average molecular weight is 318 g/mol. The molecule has 3 rings (SSSR count). The second-order valence-electron chi connectivity index (χ2n) is 6.96. The van der Waals surface area contributed by atoms with Gasteiger partial charge in [0.25, 0.3) is 0 Å². The Balaban J connectivity index is 1.61. The first-order valence-corrected chi connectivity index (χ1v) is 9.15. The van der Waals surface area contributed by atoms with Crippen LogP contribution in [0.15, 0.2) is 36.7 Å². The van der Waals surface area contributed by atoms with Crippen molar-refractivity contribution in [2.45, 2.75) is 58.3 Å². The van der Waals surface area contributed by atoms with Crippen molar-refractivity contribution in [3.8, 4) is 11.8 Å². The van der Waals surface area contributed by atoms with E-state index in [9.17, 15) is 0 Å². The molecule has 0 N–H and O–H groups in total. The zero-order chi connectivity index (χ0) is 16.8. The number of rotatable bonds is 3. The summed E-state index contributed by atoms with van der Waals surface area (Å²) < 4.78 is 0. The summed E-state index contributed by atoms with van der Waals surface area (Å²) >= 11 is 0. The molecule has 1 heterocycles. The van der Waals surface area contributed by atoms with Gasteiger partial charge in [-0.2, -0.15) is 0 Å². The maximum atomic E-state index is 4.22. The highest BCUT2D eigenvalue weighted by molar-refractivity contribution is 5.40. The molecular weight excluding hydrogens is 292 g/mol. The maximum absolute atomic E-state index is 4.22. The van der Waals surface area contributed by atoms with E-state index in [0.717, 1.165) is 23.0 Å². The van der Waals surface area contributed by atoms with Crippen LogP contribution in [-0.4, -0.2) is 9.97 Å². The van der Waals surface area contributed by atoms with Gasteiger partial charge in [0.2, 0.25) is 5.82 Å². The van der Waals surface area contributed by atoms with Crippen molar-refractivity contribution in [1.29, 1.82) is 0 Å². The minimum absolute atomic E-state index is 0.582. The predicted molar refractivity (Wildman–Crippen MR) is 98.8 cm³/mol. The number of benzene rings is 1. The van der Waals surface area contributed by atoms with Gasteiger partial charge in [-0.05, 0) is 73.6 Å². The molecule has 0 saturated heterocycles. The minimum Gasteiger partial charge on any atom is -0.229 e. The monoisotopic (exact) mass is 318 g/mol. The van der Waals surface area contributed by atoms with Crippen molar-refractivity contribution >= 4 is 0 Å². The molecule has 1 aliphatic carbocycles. The lowest BCUT2D eigenvalue weighted by molar-refractivity contribution is 0.308. The summed E-state index contributed by atoms with van der Waals surface area (Å²) in [6, 6.07) is 8.78. The van der Waals surface area contributed by atoms with Crippen molar-refractivity contribution in [3.05, 3.63) is 59.2 Å². The number of hydrogen-bond donors (Lipinski definition) is 0. The largest absolute Gasteiger partial charge is 0.229 e. The lowest BCUT2D eigenvalue weighted by Crippen LogP contribution is -2.13. The first-order chi connectivity index (χ1) is 11.7. The van der Waals surface area contributed by atoms with Gasteiger partial charge in [0, 0.05) is 18.0 Å². The van der Waals surface area contributed by atoms with Crippen LogP contribution in [0.4, 0.5) is 0 Å². The molecular formula is C22H26N2. The lowest BCUT2D eigenvalue weighted by atomic mass is 9.77. The van der Waals surface area contributed by atoms with Crippen LogP contribution in [0.2, 0.25) is 0 Å². The van der Waals surface area contributed by atoms with E-state index in [1.807, 2.05) is 6.92 Å². The fourth-order valence-electron chi connectivity index (χ4n) is 3.62. The van der Waals surface area contributed by atoms with Crippen LogP contribution >= 0.6 is 0 Å². The quantitative estimate of drug-likeness (QED) is 0.722. The van der Waals surface area contributed by atoms with Crippen molar-refractivity contribution in [2.24, 2.45) is 5.92 Å². The Labute approximate surface area is 145 Å². The standard InChI is InChI=1S/C22H26N2/c1-3-4-18-5-10-20(11-6-18)21-12-7-19(8-13-21)9-14-22-23-15-17(2)16-24-22/h7-8,12-13,15-16,18,20H,3-6,10-11H2,1-2H3. The third-order valence-electron chi connectivity index (χ3n) is 5.03. The fraction of sp³-hybridized carbons (Fsp3) is 0.455. The first-order valence-electron chi connectivity index (χ1n) is 9.15. The molecule has 2 nitrogen and oxygen atoms in total. The summed E-state index contributed by atoms with van der Waals surface area (Å²) in [4.78, 5) is 8.44. The minimum atomic E-state index is 0.582. The fourth-order valence-corrected chi connectivity index (χ4v) is 3.62. The van der Waals surface area contributed by atoms with Crippen LogP contribution in [0.25, 0.3) is 0 Å². The van der Waals surface area contributed by atoms with Gasteiger partial charge in [0.15, 0.2) is 0 Å². The van der Waals surface area contributed by atoms with Crippen molar-refractivity contribution in [3.63, 3.8) is 0 Å². The Morgan fingerprint density at radius 1 is 0.958 bits per heavy atom. The topological polar surface area (TPSA) is 25.8 Å². The van der Waals surface area contributed by atoms with Gasteiger partial charge in [-0.3, -0.25) is 0 Å².